The Bertz CT molecular complexity index is 885. The van der Waals surface area contributed by atoms with Gasteiger partial charge < -0.3 is 24.0 Å². The van der Waals surface area contributed by atoms with Crippen LogP contribution in [0.5, 0.6) is 11.5 Å². The Morgan fingerprint density at radius 2 is 2.00 bits per heavy atom. The number of benzene rings is 2. The average molecular weight is 469 g/mol. The van der Waals surface area contributed by atoms with Gasteiger partial charge in [-0.1, -0.05) is 12.1 Å². The van der Waals surface area contributed by atoms with Crippen LogP contribution in [-0.2, 0) is 16.0 Å². The van der Waals surface area contributed by atoms with Crippen molar-refractivity contribution in [1.82, 2.24) is 4.90 Å². The second kappa shape index (κ2) is 11.6. The summed E-state index contributed by atoms with van der Waals surface area (Å²) >= 11 is -1.44. The number of fused-ring (bicyclic) bond motifs is 1. The number of aliphatic hydroxyl groups is 1. The standard InChI is InChI=1S/C22H28N2O5S.ClH/c1-16(26)24-19-7-4-5-8-21(19)30(27)22(24)18-15-17(28-3)9-10-20(18)29-14-6-11-23(2)12-13-25;/h4-5,7-10,15,22,25H,6,11-14H2,1-3H3;1H. The molecule has 0 aliphatic carbocycles. The molecular weight excluding hydrogens is 440 g/mol. The fourth-order valence-corrected chi connectivity index (χ4v) is 5.23. The number of hydrogen-bond donors (Lipinski definition) is 1. The van der Waals surface area contributed by atoms with E-state index in [4.69, 9.17) is 14.6 Å². The lowest BCUT2D eigenvalue weighted by Gasteiger charge is -2.25. The van der Waals surface area contributed by atoms with Crippen molar-refractivity contribution in [3.63, 3.8) is 0 Å². The van der Waals surface area contributed by atoms with Crippen molar-refractivity contribution in [1.29, 1.82) is 0 Å². The highest BCUT2D eigenvalue weighted by molar-refractivity contribution is 7.92. The molecule has 1 aliphatic heterocycles. The van der Waals surface area contributed by atoms with E-state index >= 15 is 0 Å². The number of rotatable bonds is 9. The maximum Gasteiger partial charge on any atom is 0.230 e. The fourth-order valence-electron chi connectivity index (χ4n) is 3.53. The molecule has 1 amide bonds. The van der Waals surface area contributed by atoms with Crippen LogP contribution in [0.2, 0.25) is 0 Å². The first kappa shape index (κ1) is 25.3. The summed E-state index contributed by atoms with van der Waals surface area (Å²) in [6.45, 7) is 3.45. The number of anilines is 1. The predicted molar refractivity (Wildman–Crippen MR) is 124 cm³/mol. The third kappa shape index (κ3) is 5.64. The first-order valence-electron chi connectivity index (χ1n) is 9.87. The van der Waals surface area contributed by atoms with Gasteiger partial charge in [0.25, 0.3) is 0 Å². The second-order valence-corrected chi connectivity index (χ2v) is 8.62. The number of amides is 1. The Morgan fingerprint density at radius 3 is 2.68 bits per heavy atom. The van der Waals surface area contributed by atoms with Crippen molar-refractivity contribution in [3.05, 3.63) is 48.0 Å². The van der Waals surface area contributed by atoms with E-state index in [9.17, 15) is 9.35 Å². The lowest BCUT2D eigenvalue weighted by atomic mass is 10.1. The molecule has 0 bridgehead atoms. The van der Waals surface area contributed by atoms with Crippen LogP contribution in [-0.4, -0.2) is 60.9 Å². The average Bonchev–Trinajstić information content (AvgIpc) is 3.04. The van der Waals surface area contributed by atoms with Crippen LogP contribution in [0.25, 0.3) is 0 Å². The molecule has 2 aromatic carbocycles. The number of hydrogen-bond acceptors (Lipinski definition) is 6. The zero-order valence-corrected chi connectivity index (χ0v) is 19.6. The van der Waals surface area contributed by atoms with Crippen LogP contribution in [0.15, 0.2) is 47.4 Å². The maximum atomic E-state index is 13.3. The van der Waals surface area contributed by atoms with Crippen LogP contribution in [0.3, 0.4) is 0 Å². The number of carbonyl (C=O) groups excluding carboxylic acids is 1. The van der Waals surface area contributed by atoms with Crippen molar-refractivity contribution in [3.8, 4) is 11.5 Å². The normalized spacial score (nSPS) is 17.3. The molecule has 170 valence electrons. The zero-order valence-electron chi connectivity index (χ0n) is 17.9. The van der Waals surface area contributed by atoms with Crippen LogP contribution in [0.4, 0.5) is 5.69 Å². The Balaban J connectivity index is 0.00000341. The number of nitrogens with zero attached hydrogens (tertiary/aromatic N) is 2. The van der Waals surface area contributed by atoms with Crippen LogP contribution < -0.4 is 14.4 Å². The number of methoxy groups -OCH3 is 1. The molecule has 2 unspecified atom stereocenters. The molecule has 0 aromatic heterocycles. The number of para-hydroxylation sites is 1. The minimum absolute atomic E-state index is 0. The molecule has 9 heteroatoms. The summed E-state index contributed by atoms with van der Waals surface area (Å²) < 4.78 is 24.8. The van der Waals surface area contributed by atoms with E-state index in [0.717, 1.165) is 13.0 Å². The number of aliphatic hydroxyl groups excluding tert-OH is 1. The molecule has 1 N–H and O–H groups in total. The van der Waals surface area contributed by atoms with Crippen molar-refractivity contribution in [2.75, 3.05) is 45.4 Å². The monoisotopic (exact) mass is 468 g/mol. The molecule has 3 rings (SSSR count). The van der Waals surface area contributed by atoms with Gasteiger partial charge in [-0.25, -0.2) is 0 Å². The number of likely N-dealkylation sites (N-methyl/N-ethyl adjacent to an activating group) is 1. The van der Waals surface area contributed by atoms with Crippen LogP contribution in [0.1, 0.15) is 24.3 Å². The summed E-state index contributed by atoms with van der Waals surface area (Å²) in [4.78, 5) is 16.7. The van der Waals surface area contributed by atoms with E-state index in [1.807, 2.05) is 30.1 Å². The van der Waals surface area contributed by atoms with E-state index in [-0.39, 0.29) is 24.9 Å². The molecule has 0 spiro atoms. The third-order valence-corrected chi connectivity index (χ3v) is 6.67. The summed E-state index contributed by atoms with van der Waals surface area (Å²) in [5.74, 6) is 1.01. The van der Waals surface area contributed by atoms with E-state index in [2.05, 4.69) is 0 Å². The SMILES string of the molecule is COc1ccc(OCCCN(C)CCO)c(C2N(C(C)=O)c3ccccc3[S+]2[O-])c1.Cl. The minimum Gasteiger partial charge on any atom is -0.609 e. The number of carbonyl (C=O) groups is 1. The first-order chi connectivity index (χ1) is 14.5. The van der Waals surface area contributed by atoms with Gasteiger partial charge in [-0.2, -0.15) is 0 Å². The zero-order chi connectivity index (χ0) is 21.7. The highest BCUT2D eigenvalue weighted by Gasteiger charge is 2.46. The van der Waals surface area contributed by atoms with Gasteiger partial charge in [-0.15, -0.1) is 12.4 Å². The van der Waals surface area contributed by atoms with Crippen molar-refractivity contribution >= 4 is 35.2 Å². The van der Waals surface area contributed by atoms with Crippen molar-refractivity contribution in [2.45, 2.75) is 23.6 Å². The van der Waals surface area contributed by atoms with Gasteiger partial charge in [0.2, 0.25) is 11.3 Å². The third-order valence-electron chi connectivity index (χ3n) is 5.02. The largest absolute Gasteiger partial charge is 0.609 e. The van der Waals surface area contributed by atoms with Gasteiger partial charge in [0.15, 0.2) is 4.90 Å². The molecule has 0 saturated heterocycles. The topological polar surface area (TPSA) is 85.3 Å². The highest BCUT2D eigenvalue weighted by atomic mass is 35.5. The van der Waals surface area contributed by atoms with Gasteiger partial charge in [-0.3, -0.25) is 9.69 Å². The Kier molecular flexibility index (Phi) is 9.46. The van der Waals surface area contributed by atoms with Crippen molar-refractivity contribution in [2.24, 2.45) is 0 Å². The molecule has 0 saturated carbocycles. The van der Waals surface area contributed by atoms with E-state index in [0.29, 0.717) is 40.8 Å². The predicted octanol–water partition coefficient (Wildman–Crippen LogP) is 2.98. The molecule has 31 heavy (non-hydrogen) atoms. The fraction of sp³-hybridized carbons (Fsp3) is 0.409. The smallest absolute Gasteiger partial charge is 0.230 e. The van der Waals surface area contributed by atoms with Crippen LogP contribution in [0, 0.1) is 0 Å². The molecule has 2 aromatic rings. The van der Waals surface area contributed by atoms with Crippen LogP contribution >= 0.6 is 12.4 Å². The van der Waals surface area contributed by atoms with E-state index in [1.165, 1.54) is 6.92 Å². The summed E-state index contributed by atoms with van der Waals surface area (Å²) in [6.07, 6.45) is 0.770. The van der Waals surface area contributed by atoms with Gasteiger partial charge in [0.05, 0.1) is 25.9 Å². The molecule has 0 fully saturated rings. The van der Waals surface area contributed by atoms with E-state index < -0.39 is 16.5 Å². The summed E-state index contributed by atoms with van der Waals surface area (Å²) in [5.41, 5.74) is 1.32. The lowest BCUT2D eigenvalue weighted by molar-refractivity contribution is -0.116. The first-order valence-corrected chi connectivity index (χ1v) is 11.1. The van der Waals surface area contributed by atoms with Crippen molar-refractivity contribution < 1.29 is 23.9 Å². The molecular formula is C22H29ClN2O5S. The summed E-state index contributed by atoms with van der Waals surface area (Å²) in [7, 11) is 3.51. The second-order valence-electron chi connectivity index (χ2n) is 7.14. The molecule has 1 heterocycles. The lowest BCUT2D eigenvalue weighted by Crippen LogP contribution is -2.32. The highest BCUT2D eigenvalue weighted by Crippen LogP contribution is 2.49. The summed E-state index contributed by atoms with van der Waals surface area (Å²) in [6, 6.07) is 12.6. The Hall–Kier alpha value is -1.97. The Labute approximate surface area is 192 Å². The quantitative estimate of drug-likeness (QED) is 0.450. The Morgan fingerprint density at radius 1 is 1.26 bits per heavy atom. The molecule has 2 atom stereocenters. The number of ether oxygens (including phenoxy) is 2. The molecule has 1 aliphatic rings. The molecule has 7 nitrogen and oxygen atoms in total. The molecule has 0 radical (unpaired) electrons. The minimum atomic E-state index is -1.44. The van der Waals surface area contributed by atoms with Gasteiger partial charge in [0.1, 0.15) is 17.2 Å². The van der Waals surface area contributed by atoms with Gasteiger partial charge in [0, 0.05) is 31.2 Å². The maximum absolute atomic E-state index is 13.3. The summed E-state index contributed by atoms with van der Waals surface area (Å²) in [5, 5.41) is 8.32. The van der Waals surface area contributed by atoms with E-state index in [1.54, 1.807) is 36.3 Å². The van der Waals surface area contributed by atoms with Gasteiger partial charge in [-0.05, 0) is 43.8 Å². The van der Waals surface area contributed by atoms with Gasteiger partial charge >= 0.3 is 0 Å². The number of halogens is 1.